The van der Waals surface area contributed by atoms with Crippen molar-refractivity contribution in [2.75, 3.05) is 14.2 Å². The summed E-state index contributed by atoms with van der Waals surface area (Å²) >= 11 is 0. The van der Waals surface area contributed by atoms with Gasteiger partial charge in [0, 0.05) is 0 Å². The number of hydrogen-bond acceptors (Lipinski definition) is 2. The first-order valence-corrected chi connectivity index (χ1v) is 5.39. The molecule has 0 unspecified atom stereocenters. The monoisotopic (exact) mass is 216 g/mol. The highest BCUT2D eigenvalue weighted by Crippen LogP contribution is 2.29. The average molecular weight is 216 g/mol. The van der Waals surface area contributed by atoms with Gasteiger partial charge in [-0.3, -0.25) is 0 Å². The van der Waals surface area contributed by atoms with Crippen LogP contribution >= 0.6 is 0 Å². The third kappa shape index (κ3) is 2.27. The van der Waals surface area contributed by atoms with E-state index >= 15 is 0 Å². The Bertz CT molecular complexity index is 407. The Morgan fingerprint density at radius 3 is 2.31 bits per heavy atom. The lowest BCUT2D eigenvalue weighted by Crippen LogP contribution is -1.97. The lowest BCUT2D eigenvalue weighted by Gasteiger charge is -2.11. The first-order chi connectivity index (χ1) is 7.83. The largest absolute Gasteiger partial charge is 0.493 e. The van der Waals surface area contributed by atoms with Crippen LogP contribution in [0.25, 0.3) is 0 Å². The molecule has 0 heterocycles. The van der Waals surface area contributed by atoms with E-state index in [1.165, 1.54) is 5.56 Å². The van der Waals surface area contributed by atoms with Crippen LogP contribution < -0.4 is 9.47 Å². The number of ether oxygens (including phenoxy) is 2. The van der Waals surface area contributed by atoms with Crippen molar-refractivity contribution in [3.05, 3.63) is 48.1 Å². The maximum absolute atomic E-state index is 5.28. The molecule has 1 aliphatic rings. The predicted molar refractivity (Wildman–Crippen MR) is 65.0 cm³/mol. The zero-order valence-corrected chi connectivity index (χ0v) is 9.64. The molecule has 84 valence electrons. The van der Waals surface area contributed by atoms with E-state index < -0.39 is 0 Å². The molecule has 0 fully saturated rings. The lowest BCUT2D eigenvalue weighted by atomic mass is 10.0. The van der Waals surface area contributed by atoms with Gasteiger partial charge in [0.2, 0.25) is 0 Å². The highest BCUT2D eigenvalue weighted by atomic mass is 16.5. The number of methoxy groups -OCH3 is 2. The van der Waals surface area contributed by atoms with Crippen molar-refractivity contribution in [3.8, 4) is 11.5 Å². The molecule has 0 saturated carbocycles. The van der Waals surface area contributed by atoms with Gasteiger partial charge in [-0.25, -0.2) is 0 Å². The normalized spacial score (nSPS) is 14.4. The van der Waals surface area contributed by atoms with Crippen LogP contribution in [0.5, 0.6) is 11.5 Å². The minimum absolute atomic E-state index is 0.512. The summed E-state index contributed by atoms with van der Waals surface area (Å²) < 4.78 is 10.5. The third-order valence-corrected chi connectivity index (χ3v) is 2.75. The highest BCUT2D eigenvalue weighted by molar-refractivity contribution is 5.43. The van der Waals surface area contributed by atoms with Crippen molar-refractivity contribution in [2.24, 2.45) is 5.92 Å². The van der Waals surface area contributed by atoms with Gasteiger partial charge in [0.1, 0.15) is 0 Å². The molecule has 0 spiro atoms. The van der Waals surface area contributed by atoms with E-state index in [1.807, 2.05) is 12.1 Å². The number of rotatable bonds is 4. The van der Waals surface area contributed by atoms with Gasteiger partial charge in [-0.1, -0.05) is 30.4 Å². The van der Waals surface area contributed by atoms with Crippen LogP contribution in [-0.2, 0) is 6.42 Å². The molecule has 0 aromatic heterocycles. The molecule has 0 N–H and O–H groups in total. The zero-order valence-electron chi connectivity index (χ0n) is 9.64. The number of allylic oxidation sites excluding steroid dienone is 4. The highest BCUT2D eigenvalue weighted by Gasteiger charge is 2.08. The fourth-order valence-corrected chi connectivity index (χ4v) is 1.89. The van der Waals surface area contributed by atoms with Gasteiger partial charge < -0.3 is 9.47 Å². The van der Waals surface area contributed by atoms with Crippen LogP contribution in [0.1, 0.15) is 5.56 Å². The molecule has 1 aromatic rings. The molecule has 2 heteroatoms. The second-order valence-electron chi connectivity index (χ2n) is 3.83. The van der Waals surface area contributed by atoms with Crippen molar-refractivity contribution >= 4 is 0 Å². The van der Waals surface area contributed by atoms with Crippen molar-refractivity contribution in [1.82, 2.24) is 0 Å². The fraction of sp³-hybridized carbons (Fsp3) is 0.286. The van der Waals surface area contributed by atoms with E-state index in [-0.39, 0.29) is 0 Å². The summed E-state index contributed by atoms with van der Waals surface area (Å²) in [5.74, 6) is 2.09. The molecule has 2 rings (SSSR count). The van der Waals surface area contributed by atoms with Crippen molar-refractivity contribution in [3.63, 3.8) is 0 Å². The minimum Gasteiger partial charge on any atom is -0.493 e. The van der Waals surface area contributed by atoms with Gasteiger partial charge in [0.25, 0.3) is 0 Å². The van der Waals surface area contributed by atoms with E-state index in [9.17, 15) is 0 Å². The quantitative estimate of drug-likeness (QED) is 0.770. The molecule has 0 saturated heterocycles. The maximum Gasteiger partial charge on any atom is 0.160 e. The van der Waals surface area contributed by atoms with Crippen LogP contribution in [0.3, 0.4) is 0 Å². The van der Waals surface area contributed by atoms with Crippen LogP contribution in [0.2, 0.25) is 0 Å². The third-order valence-electron chi connectivity index (χ3n) is 2.75. The molecule has 2 nitrogen and oxygen atoms in total. The molecule has 0 aliphatic heterocycles. The van der Waals surface area contributed by atoms with Crippen LogP contribution in [0.15, 0.2) is 42.5 Å². The van der Waals surface area contributed by atoms with E-state index in [0.717, 1.165) is 17.9 Å². The molecule has 1 aliphatic carbocycles. The summed E-state index contributed by atoms with van der Waals surface area (Å²) in [5, 5.41) is 0. The van der Waals surface area contributed by atoms with Crippen LogP contribution in [0, 0.1) is 5.92 Å². The number of hydrogen-bond donors (Lipinski definition) is 0. The number of benzene rings is 1. The van der Waals surface area contributed by atoms with Gasteiger partial charge >= 0.3 is 0 Å². The molecule has 16 heavy (non-hydrogen) atoms. The Morgan fingerprint density at radius 1 is 1.00 bits per heavy atom. The van der Waals surface area contributed by atoms with Gasteiger partial charge in [-0.15, -0.1) is 0 Å². The van der Waals surface area contributed by atoms with Crippen LogP contribution in [0.4, 0.5) is 0 Å². The minimum atomic E-state index is 0.512. The molecule has 0 radical (unpaired) electrons. The first kappa shape index (κ1) is 10.8. The molecule has 1 aromatic carbocycles. The Labute approximate surface area is 96.2 Å². The molecule has 0 atom stereocenters. The Morgan fingerprint density at radius 2 is 1.69 bits per heavy atom. The van der Waals surface area contributed by atoms with E-state index in [4.69, 9.17) is 9.47 Å². The maximum atomic E-state index is 5.28. The first-order valence-electron chi connectivity index (χ1n) is 5.39. The molecular weight excluding hydrogens is 200 g/mol. The predicted octanol–water partition coefficient (Wildman–Crippen LogP) is 2.99. The van der Waals surface area contributed by atoms with E-state index in [1.54, 1.807) is 14.2 Å². The fourth-order valence-electron chi connectivity index (χ4n) is 1.89. The van der Waals surface area contributed by atoms with Crippen molar-refractivity contribution in [1.29, 1.82) is 0 Å². The van der Waals surface area contributed by atoms with Gasteiger partial charge in [-0.2, -0.15) is 0 Å². The van der Waals surface area contributed by atoms with Gasteiger partial charge in [0.15, 0.2) is 11.5 Å². The Balaban J connectivity index is 2.15. The summed E-state index contributed by atoms with van der Waals surface area (Å²) in [6.45, 7) is 0. The Hall–Kier alpha value is -1.70. The summed E-state index contributed by atoms with van der Waals surface area (Å²) in [6.07, 6.45) is 9.59. The lowest BCUT2D eigenvalue weighted by molar-refractivity contribution is 0.354. The van der Waals surface area contributed by atoms with Crippen LogP contribution in [-0.4, -0.2) is 14.2 Å². The Kier molecular flexibility index (Phi) is 3.30. The average Bonchev–Trinajstić information content (AvgIpc) is 2.81. The standard InChI is InChI=1S/C14H16O2/c1-15-13-8-7-12(10-14(13)16-2)9-11-5-3-4-6-11/h3-8,10-11H,9H2,1-2H3. The summed E-state index contributed by atoms with van der Waals surface area (Å²) in [5.41, 5.74) is 1.26. The zero-order chi connectivity index (χ0) is 11.4. The summed E-state index contributed by atoms with van der Waals surface area (Å²) in [4.78, 5) is 0. The smallest absolute Gasteiger partial charge is 0.160 e. The van der Waals surface area contributed by atoms with E-state index in [2.05, 4.69) is 30.4 Å². The summed E-state index contributed by atoms with van der Waals surface area (Å²) in [7, 11) is 3.32. The molecule has 0 amide bonds. The van der Waals surface area contributed by atoms with Crippen molar-refractivity contribution < 1.29 is 9.47 Å². The summed E-state index contributed by atoms with van der Waals surface area (Å²) in [6, 6.07) is 6.08. The topological polar surface area (TPSA) is 18.5 Å². The molecular formula is C14H16O2. The van der Waals surface area contributed by atoms with Gasteiger partial charge in [0.05, 0.1) is 14.2 Å². The van der Waals surface area contributed by atoms with Gasteiger partial charge in [-0.05, 0) is 30.0 Å². The second-order valence-corrected chi connectivity index (χ2v) is 3.83. The second kappa shape index (κ2) is 4.88. The van der Waals surface area contributed by atoms with E-state index in [0.29, 0.717) is 5.92 Å². The SMILES string of the molecule is COc1ccc(CC2C=CC=C2)cc1OC. The molecule has 0 bridgehead atoms. The van der Waals surface area contributed by atoms with Crippen molar-refractivity contribution in [2.45, 2.75) is 6.42 Å².